The van der Waals surface area contributed by atoms with Crippen LogP contribution in [0.1, 0.15) is 5.56 Å². The van der Waals surface area contributed by atoms with Crippen molar-refractivity contribution in [2.45, 2.75) is 10.2 Å². The number of halogens is 1. The molecule has 0 radical (unpaired) electrons. The van der Waals surface area contributed by atoms with Crippen molar-refractivity contribution in [2.75, 3.05) is 0 Å². The van der Waals surface area contributed by atoms with Crippen LogP contribution < -0.4 is 16.9 Å². The number of aryl methyl sites for hydroxylation is 1. The predicted octanol–water partition coefficient (Wildman–Crippen LogP) is -0.237. The van der Waals surface area contributed by atoms with Crippen molar-refractivity contribution in [3.63, 3.8) is 0 Å². The number of nitrogens with two attached hydrogens (primary N) is 1. The number of nitrogens with zero attached hydrogens (tertiary/aromatic N) is 4. The summed E-state index contributed by atoms with van der Waals surface area (Å²) < 4.78 is 1.27. The van der Waals surface area contributed by atoms with E-state index < -0.39 is 11.1 Å². The molecule has 0 aliphatic rings. The lowest BCUT2D eigenvalue weighted by Crippen LogP contribution is -2.33. The Bertz CT molecular complexity index is 830. The summed E-state index contributed by atoms with van der Waals surface area (Å²) in [4.78, 5) is 30.1. The van der Waals surface area contributed by atoms with Gasteiger partial charge in [-0.25, -0.2) is 4.98 Å². The zero-order chi connectivity index (χ0) is 15.6. The molecule has 2 aromatic heterocycles. The molecule has 21 heavy (non-hydrogen) atoms. The van der Waals surface area contributed by atoms with Gasteiger partial charge in [-0.2, -0.15) is 4.98 Å². The van der Waals surface area contributed by atoms with Gasteiger partial charge >= 0.3 is 11.1 Å². The number of hydrogen-bond acceptors (Lipinski definition) is 7. The first-order valence-electron chi connectivity index (χ1n) is 5.41. The van der Waals surface area contributed by atoms with Crippen molar-refractivity contribution in [1.82, 2.24) is 19.7 Å². The number of nitrogens with one attached hydrogen (secondary N) is 1. The SMILES string of the molecule is Cn1[nH]c(=O)c(=O)nc1Sc1nccc(/C(N)=N/O)c1Cl. The van der Waals surface area contributed by atoms with Crippen LogP contribution in [-0.4, -0.2) is 30.8 Å². The first-order chi connectivity index (χ1) is 9.93. The Morgan fingerprint density at radius 2 is 2.29 bits per heavy atom. The molecule has 9 nitrogen and oxygen atoms in total. The Balaban J connectivity index is 2.48. The fraction of sp³-hybridized carbons (Fsp3) is 0.100. The fourth-order valence-electron chi connectivity index (χ4n) is 1.39. The molecule has 0 aliphatic heterocycles. The van der Waals surface area contributed by atoms with E-state index in [9.17, 15) is 9.59 Å². The molecule has 0 unspecified atom stereocenters. The highest BCUT2D eigenvalue weighted by Gasteiger charge is 2.14. The Morgan fingerprint density at radius 1 is 1.57 bits per heavy atom. The van der Waals surface area contributed by atoms with Gasteiger partial charge < -0.3 is 10.9 Å². The lowest BCUT2D eigenvalue weighted by Gasteiger charge is -2.08. The molecule has 2 aromatic rings. The highest BCUT2D eigenvalue weighted by molar-refractivity contribution is 7.99. The summed E-state index contributed by atoms with van der Waals surface area (Å²) in [7, 11) is 1.51. The highest BCUT2D eigenvalue weighted by Crippen LogP contribution is 2.31. The molecule has 0 bridgehead atoms. The number of amidine groups is 1. The second kappa shape index (κ2) is 5.97. The van der Waals surface area contributed by atoms with E-state index in [1.807, 2.05) is 0 Å². The quantitative estimate of drug-likeness (QED) is 0.232. The van der Waals surface area contributed by atoms with Gasteiger partial charge in [0.2, 0.25) is 0 Å². The summed E-state index contributed by atoms with van der Waals surface area (Å²) in [5.74, 6) is -0.174. The van der Waals surface area contributed by atoms with Gasteiger partial charge in [0.05, 0.1) is 5.02 Å². The normalized spacial score (nSPS) is 11.6. The molecule has 0 aromatic carbocycles. The molecule has 0 fully saturated rings. The number of hydrogen-bond donors (Lipinski definition) is 3. The van der Waals surface area contributed by atoms with Crippen LogP contribution >= 0.6 is 23.4 Å². The Kier molecular flexibility index (Phi) is 4.29. The van der Waals surface area contributed by atoms with Crippen molar-refractivity contribution in [2.24, 2.45) is 17.9 Å². The van der Waals surface area contributed by atoms with Crippen molar-refractivity contribution in [3.05, 3.63) is 43.6 Å². The first-order valence-corrected chi connectivity index (χ1v) is 6.61. The van der Waals surface area contributed by atoms with E-state index in [0.717, 1.165) is 11.8 Å². The lowest BCUT2D eigenvalue weighted by molar-refractivity contribution is 0.318. The molecule has 0 aliphatic carbocycles. The van der Waals surface area contributed by atoms with Crippen molar-refractivity contribution in [3.8, 4) is 0 Å². The smallest absolute Gasteiger partial charge is 0.339 e. The van der Waals surface area contributed by atoms with Gasteiger partial charge in [0.1, 0.15) is 5.03 Å². The van der Waals surface area contributed by atoms with E-state index in [4.69, 9.17) is 22.5 Å². The van der Waals surface area contributed by atoms with E-state index in [1.165, 1.54) is 24.0 Å². The van der Waals surface area contributed by atoms with Crippen LogP contribution in [0.15, 0.2) is 37.2 Å². The minimum atomic E-state index is -0.917. The molecule has 0 saturated heterocycles. The Hall–Kier alpha value is -2.33. The lowest BCUT2D eigenvalue weighted by atomic mass is 10.2. The summed E-state index contributed by atoms with van der Waals surface area (Å²) in [5, 5.41) is 14.5. The van der Waals surface area contributed by atoms with E-state index in [2.05, 4.69) is 20.2 Å². The van der Waals surface area contributed by atoms with E-state index >= 15 is 0 Å². The molecule has 0 amide bonds. The van der Waals surface area contributed by atoms with Crippen LogP contribution in [0, 0.1) is 0 Å². The maximum atomic E-state index is 11.3. The molecular weight excluding hydrogens is 320 g/mol. The number of rotatable bonds is 3. The number of H-pyrrole nitrogens is 1. The molecule has 0 atom stereocenters. The van der Waals surface area contributed by atoms with E-state index in [1.54, 1.807) is 0 Å². The molecule has 4 N–H and O–H groups in total. The average molecular weight is 329 g/mol. The molecule has 2 rings (SSSR count). The monoisotopic (exact) mass is 328 g/mol. The van der Waals surface area contributed by atoms with Crippen molar-refractivity contribution < 1.29 is 5.21 Å². The van der Waals surface area contributed by atoms with Gasteiger partial charge in [-0.15, -0.1) is 0 Å². The summed E-state index contributed by atoms with van der Waals surface area (Å²) in [5.41, 5.74) is 4.03. The number of pyridine rings is 1. The summed E-state index contributed by atoms with van der Waals surface area (Å²) >= 11 is 7.07. The minimum Gasteiger partial charge on any atom is -0.409 e. The first kappa shape index (κ1) is 15.1. The molecule has 0 spiro atoms. The molecular formula is C10H9ClN6O3S. The second-order valence-corrected chi connectivity index (χ2v) is 5.10. The third-order valence-corrected chi connectivity index (χ3v) is 3.92. The van der Waals surface area contributed by atoms with E-state index in [0.29, 0.717) is 0 Å². The zero-order valence-electron chi connectivity index (χ0n) is 10.6. The fourth-order valence-corrected chi connectivity index (χ4v) is 2.51. The van der Waals surface area contributed by atoms with Gasteiger partial charge in [-0.05, 0) is 17.8 Å². The maximum absolute atomic E-state index is 11.3. The average Bonchev–Trinajstić information content (AvgIpc) is 2.46. The third kappa shape index (κ3) is 3.06. The van der Waals surface area contributed by atoms with Crippen LogP contribution in [0.3, 0.4) is 0 Å². The summed E-state index contributed by atoms with van der Waals surface area (Å²) in [6.45, 7) is 0. The topological polar surface area (TPSA) is 139 Å². The standard InChI is InChI=1S/C10H9ClN6O3S/c1-17-10(14-7(18)8(19)15-17)21-9-5(11)4(2-3-13-9)6(12)16-20/h2-3,20H,1H3,(H2,12,16)(H,15,19). The summed E-state index contributed by atoms with van der Waals surface area (Å²) in [6, 6.07) is 1.47. The number of aromatic nitrogens is 4. The van der Waals surface area contributed by atoms with Crippen LogP contribution in [0.2, 0.25) is 5.02 Å². The Labute approximate surface area is 126 Å². The predicted molar refractivity (Wildman–Crippen MR) is 76.0 cm³/mol. The van der Waals surface area contributed by atoms with Gasteiger partial charge in [0.25, 0.3) is 0 Å². The number of aromatic amines is 1. The van der Waals surface area contributed by atoms with Gasteiger partial charge in [-0.3, -0.25) is 19.4 Å². The van der Waals surface area contributed by atoms with Gasteiger partial charge in [0.15, 0.2) is 11.0 Å². The van der Waals surface area contributed by atoms with Crippen LogP contribution in [0.25, 0.3) is 0 Å². The van der Waals surface area contributed by atoms with Gasteiger partial charge in [0, 0.05) is 18.8 Å². The minimum absolute atomic E-state index is 0.137. The third-order valence-electron chi connectivity index (χ3n) is 2.38. The largest absolute Gasteiger partial charge is 0.409 e. The van der Waals surface area contributed by atoms with E-state index in [-0.39, 0.29) is 26.6 Å². The molecule has 11 heteroatoms. The Morgan fingerprint density at radius 3 is 2.95 bits per heavy atom. The van der Waals surface area contributed by atoms with Crippen molar-refractivity contribution in [1.29, 1.82) is 0 Å². The van der Waals surface area contributed by atoms with Crippen LogP contribution in [0.5, 0.6) is 0 Å². The van der Waals surface area contributed by atoms with Gasteiger partial charge in [-0.1, -0.05) is 16.8 Å². The zero-order valence-corrected chi connectivity index (χ0v) is 12.1. The maximum Gasteiger partial charge on any atom is 0.339 e. The molecule has 0 saturated carbocycles. The van der Waals surface area contributed by atoms with Crippen molar-refractivity contribution >= 4 is 29.2 Å². The molecule has 110 valence electrons. The number of oxime groups is 1. The molecule has 2 heterocycles. The highest BCUT2D eigenvalue weighted by atomic mass is 35.5. The van der Waals surface area contributed by atoms with Crippen LogP contribution in [0.4, 0.5) is 0 Å². The second-order valence-electron chi connectivity index (χ2n) is 3.76. The summed E-state index contributed by atoms with van der Waals surface area (Å²) in [6.07, 6.45) is 1.41. The van der Waals surface area contributed by atoms with Crippen LogP contribution in [-0.2, 0) is 7.05 Å².